The lowest BCUT2D eigenvalue weighted by Gasteiger charge is -2.37. The summed E-state index contributed by atoms with van der Waals surface area (Å²) in [6, 6.07) is 12.3. The number of anilines is 2. The first kappa shape index (κ1) is 19.2. The van der Waals surface area contributed by atoms with Crippen LogP contribution in [0.3, 0.4) is 0 Å². The Morgan fingerprint density at radius 2 is 1.85 bits per heavy atom. The summed E-state index contributed by atoms with van der Waals surface area (Å²) in [6.07, 6.45) is 2.73. The number of aromatic nitrogens is 1. The largest absolute Gasteiger partial charge is 0.368 e. The Morgan fingerprint density at radius 3 is 2.56 bits per heavy atom. The molecular formula is C22H30N4O. The highest BCUT2D eigenvalue weighted by Crippen LogP contribution is 2.20. The fraction of sp³-hybridized carbons (Fsp3) is 0.455. The Labute approximate surface area is 162 Å². The summed E-state index contributed by atoms with van der Waals surface area (Å²) in [5, 5.41) is 3.00. The van der Waals surface area contributed by atoms with Crippen LogP contribution in [-0.2, 0) is 0 Å². The second-order valence-electron chi connectivity index (χ2n) is 7.65. The van der Waals surface area contributed by atoms with E-state index in [1.54, 1.807) is 12.3 Å². The Morgan fingerprint density at radius 1 is 1.11 bits per heavy atom. The van der Waals surface area contributed by atoms with Crippen molar-refractivity contribution in [2.75, 3.05) is 42.5 Å². The molecule has 2 heterocycles. The van der Waals surface area contributed by atoms with Crippen molar-refractivity contribution in [2.45, 2.75) is 27.2 Å². The maximum atomic E-state index is 12.4. The smallest absolute Gasteiger partial charge is 0.251 e. The van der Waals surface area contributed by atoms with Crippen molar-refractivity contribution in [3.8, 4) is 0 Å². The number of piperazine rings is 1. The van der Waals surface area contributed by atoms with Crippen molar-refractivity contribution >= 4 is 17.4 Å². The van der Waals surface area contributed by atoms with Gasteiger partial charge in [-0.25, -0.2) is 4.98 Å². The first-order chi connectivity index (χ1) is 13.0. The number of carbonyl (C=O) groups excluding carboxylic acids is 1. The molecular weight excluding hydrogens is 336 g/mol. The second kappa shape index (κ2) is 8.89. The van der Waals surface area contributed by atoms with Crippen LogP contribution in [0.25, 0.3) is 0 Å². The number of nitrogens with one attached hydrogen (secondary N) is 1. The molecule has 5 nitrogen and oxygen atoms in total. The Bertz CT molecular complexity index is 766. The highest BCUT2D eigenvalue weighted by molar-refractivity contribution is 5.94. The standard InChI is InChI=1S/C22H30N4O/c1-17(2)7-9-24-22(27)19-8-10-23-21(16-19)26-13-11-25(12-14-26)20-6-4-5-18(3)15-20/h4-6,8,10,15-17H,7,9,11-14H2,1-3H3,(H,24,27). The van der Waals surface area contributed by atoms with E-state index in [-0.39, 0.29) is 5.91 Å². The lowest BCUT2D eigenvalue weighted by Crippen LogP contribution is -2.46. The van der Waals surface area contributed by atoms with E-state index in [0.717, 1.165) is 38.4 Å². The molecule has 1 aromatic heterocycles. The van der Waals surface area contributed by atoms with E-state index in [0.29, 0.717) is 18.0 Å². The zero-order valence-electron chi connectivity index (χ0n) is 16.6. The zero-order chi connectivity index (χ0) is 19.2. The molecule has 1 aromatic carbocycles. The number of pyridine rings is 1. The average molecular weight is 367 g/mol. The molecule has 0 atom stereocenters. The van der Waals surface area contributed by atoms with Gasteiger partial charge >= 0.3 is 0 Å². The normalized spacial score (nSPS) is 14.5. The van der Waals surface area contributed by atoms with Gasteiger partial charge < -0.3 is 15.1 Å². The number of benzene rings is 1. The van der Waals surface area contributed by atoms with Crippen molar-refractivity contribution in [3.63, 3.8) is 0 Å². The predicted molar refractivity (Wildman–Crippen MR) is 112 cm³/mol. The molecule has 1 fully saturated rings. The summed E-state index contributed by atoms with van der Waals surface area (Å²) in [5.74, 6) is 1.45. The van der Waals surface area contributed by atoms with Crippen LogP contribution < -0.4 is 15.1 Å². The van der Waals surface area contributed by atoms with E-state index in [1.807, 2.05) is 6.07 Å². The van der Waals surface area contributed by atoms with E-state index in [1.165, 1.54) is 11.3 Å². The van der Waals surface area contributed by atoms with Gasteiger partial charge in [-0.2, -0.15) is 0 Å². The highest BCUT2D eigenvalue weighted by Gasteiger charge is 2.19. The summed E-state index contributed by atoms with van der Waals surface area (Å²) in [6.45, 7) is 10.9. The third kappa shape index (κ3) is 5.22. The van der Waals surface area contributed by atoms with Gasteiger partial charge in [-0.15, -0.1) is 0 Å². The Kier molecular flexibility index (Phi) is 6.32. The molecule has 5 heteroatoms. The quantitative estimate of drug-likeness (QED) is 0.850. The van der Waals surface area contributed by atoms with Crippen LogP contribution in [0.4, 0.5) is 11.5 Å². The van der Waals surface area contributed by atoms with Gasteiger partial charge in [-0.05, 0) is 49.1 Å². The van der Waals surface area contributed by atoms with Crippen molar-refractivity contribution < 1.29 is 4.79 Å². The lowest BCUT2D eigenvalue weighted by molar-refractivity contribution is 0.0952. The van der Waals surface area contributed by atoms with Gasteiger partial charge in [0.2, 0.25) is 0 Å². The minimum Gasteiger partial charge on any atom is -0.368 e. The van der Waals surface area contributed by atoms with Gasteiger partial charge in [0.1, 0.15) is 5.82 Å². The minimum atomic E-state index is -0.0160. The maximum Gasteiger partial charge on any atom is 0.251 e. The molecule has 1 aliphatic heterocycles. The molecule has 1 saturated heterocycles. The molecule has 1 amide bonds. The van der Waals surface area contributed by atoms with Crippen molar-refractivity contribution in [1.29, 1.82) is 0 Å². The Hall–Kier alpha value is -2.56. The predicted octanol–water partition coefficient (Wildman–Crippen LogP) is 3.49. The molecule has 0 saturated carbocycles. The van der Waals surface area contributed by atoms with Crippen LogP contribution in [0.2, 0.25) is 0 Å². The van der Waals surface area contributed by atoms with Gasteiger partial charge in [-0.3, -0.25) is 4.79 Å². The number of aryl methyl sites for hydroxylation is 1. The average Bonchev–Trinajstić information content (AvgIpc) is 2.68. The molecule has 0 aliphatic carbocycles. The third-order valence-electron chi connectivity index (χ3n) is 4.99. The van der Waals surface area contributed by atoms with Gasteiger partial charge in [0.05, 0.1) is 0 Å². The van der Waals surface area contributed by atoms with Crippen LogP contribution >= 0.6 is 0 Å². The summed E-state index contributed by atoms with van der Waals surface area (Å²) >= 11 is 0. The Balaban J connectivity index is 1.59. The number of hydrogen-bond donors (Lipinski definition) is 1. The van der Waals surface area contributed by atoms with E-state index in [9.17, 15) is 4.79 Å². The van der Waals surface area contributed by atoms with Gasteiger partial charge in [-0.1, -0.05) is 26.0 Å². The van der Waals surface area contributed by atoms with Crippen LogP contribution in [0.15, 0.2) is 42.6 Å². The van der Waals surface area contributed by atoms with E-state index >= 15 is 0 Å². The number of amides is 1. The second-order valence-corrected chi connectivity index (χ2v) is 7.65. The van der Waals surface area contributed by atoms with Crippen molar-refractivity contribution in [1.82, 2.24) is 10.3 Å². The number of nitrogens with zero attached hydrogens (tertiary/aromatic N) is 3. The molecule has 1 aliphatic rings. The minimum absolute atomic E-state index is 0.0160. The molecule has 144 valence electrons. The van der Waals surface area contributed by atoms with E-state index < -0.39 is 0 Å². The van der Waals surface area contributed by atoms with Crippen molar-refractivity contribution in [3.05, 3.63) is 53.7 Å². The molecule has 0 radical (unpaired) electrons. The molecule has 1 N–H and O–H groups in total. The molecule has 27 heavy (non-hydrogen) atoms. The molecule has 0 spiro atoms. The molecule has 3 rings (SSSR count). The number of hydrogen-bond acceptors (Lipinski definition) is 4. The van der Waals surface area contributed by atoms with E-state index in [2.05, 4.69) is 65.1 Å². The summed E-state index contributed by atoms with van der Waals surface area (Å²) in [7, 11) is 0. The summed E-state index contributed by atoms with van der Waals surface area (Å²) in [4.78, 5) is 21.5. The zero-order valence-corrected chi connectivity index (χ0v) is 16.6. The van der Waals surface area contributed by atoms with Crippen molar-refractivity contribution in [2.24, 2.45) is 5.92 Å². The van der Waals surface area contributed by atoms with Crippen LogP contribution in [-0.4, -0.2) is 43.6 Å². The summed E-state index contributed by atoms with van der Waals surface area (Å²) < 4.78 is 0. The van der Waals surface area contributed by atoms with Gasteiger partial charge in [0.15, 0.2) is 0 Å². The first-order valence-corrected chi connectivity index (χ1v) is 9.84. The van der Waals surface area contributed by atoms with Gasteiger partial charge in [0, 0.05) is 50.2 Å². The van der Waals surface area contributed by atoms with Gasteiger partial charge in [0.25, 0.3) is 5.91 Å². The number of carbonyl (C=O) groups is 1. The number of rotatable bonds is 6. The summed E-state index contributed by atoms with van der Waals surface area (Å²) in [5.41, 5.74) is 3.25. The van der Waals surface area contributed by atoms with Crippen LogP contribution in [0, 0.1) is 12.8 Å². The first-order valence-electron chi connectivity index (χ1n) is 9.84. The molecule has 0 unspecified atom stereocenters. The lowest BCUT2D eigenvalue weighted by atomic mass is 10.1. The fourth-order valence-electron chi connectivity index (χ4n) is 3.33. The monoisotopic (exact) mass is 366 g/mol. The van der Waals surface area contributed by atoms with E-state index in [4.69, 9.17) is 0 Å². The fourth-order valence-corrected chi connectivity index (χ4v) is 3.33. The molecule has 2 aromatic rings. The maximum absolute atomic E-state index is 12.4. The third-order valence-corrected chi connectivity index (χ3v) is 4.99. The topological polar surface area (TPSA) is 48.5 Å². The molecule has 0 bridgehead atoms. The van der Waals surface area contributed by atoms with Crippen LogP contribution in [0.1, 0.15) is 36.2 Å². The van der Waals surface area contributed by atoms with Crippen LogP contribution in [0.5, 0.6) is 0 Å². The highest BCUT2D eigenvalue weighted by atomic mass is 16.1. The SMILES string of the molecule is Cc1cccc(N2CCN(c3cc(C(=O)NCCC(C)C)ccn3)CC2)c1.